The Kier molecular flexibility index (Phi) is 13.6. The van der Waals surface area contributed by atoms with Gasteiger partial charge in [0.1, 0.15) is 55.4 Å². The standard InChI is InChI=1S/C48H60O6/c1-4-7-10-13-34-25-40(49-28-43-31-52-43)16-19-46(34)37-22-38(47-20-17-41(50-29-44-32-53-44)26-35(47)14-11-8-5-2)24-39(23-37)48-21-18-42(51-30-45-33-54-45)27-36(48)15-12-9-6-3/h16-27,43-45H,4-15,28-33H2,1-3H3. The van der Waals surface area contributed by atoms with E-state index in [2.05, 4.69) is 93.6 Å². The van der Waals surface area contributed by atoms with Crippen molar-refractivity contribution >= 4 is 0 Å². The Hall–Kier alpha value is -3.84. The largest absolute Gasteiger partial charge is 0.491 e. The fraction of sp³-hybridized carbons (Fsp3) is 0.500. The second-order valence-electron chi connectivity index (χ2n) is 15.4. The first-order valence-corrected chi connectivity index (χ1v) is 20.9. The van der Waals surface area contributed by atoms with Gasteiger partial charge in [0.15, 0.2) is 0 Å². The summed E-state index contributed by atoms with van der Waals surface area (Å²) in [5, 5.41) is 0. The van der Waals surface area contributed by atoms with Gasteiger partial charge >= 0.3 is 0 Å². The van der Waals surface area contributed by atoms with E-state index in [9.17, 15) is 0 Å². The van der Waals surface area contributed by atoms with Gasteiger partial charge in [0.05, 0.1) is 19.8 Å². The Labute approximate surface area is 323 Å². The highest BCUT2D eigenvalue weighted by Gasteiger charge is 2.25. The van der Waals surface area contributed by atoms with Crippen LogP contribution in [-0.4, -0.2) is 58.0 Å². The molecule has 288 valence electrons. The maximum atomic E-state index is 6.21. The van der Waals surface area contributed by atoms with E-state index in [-0.39, 0.29) is 18.3 Å². The van der Waals surface area contributed by atoms with E-state index in [0.29, 0.717) is 19.8 Å². The van der Waals surface area contributed by atoms with E-state index in [1.807, 2.05) is 0 Å². The second kappa shape index (κ2) is 19.2. The lowest BCUT2D eigenvalue weighted by atomic mass is 9.87. The number of hydrogen-bond acceptors (Lipinski definition) is 6. The van der Waals surface area contributed by atoms with E-state index in [1.54, 1.807) is 0 Å². The molecule has 3 saturated heterocycles. The molecule has 0 radical (unpaired) electrons. The number of hydrogen-bond donors (Lipinski definition) is 0. The molecule has 6 nitrogen and oxygen atoms in total. The van der Waals surface area contributed by atoms with Gasteiger partial charge in [-0.15, -0.1) is 0 Å². The van der Waals surface area contributed by atoms with Gasteiger partial charge in [0, 0.05) is 0 Å². The molecule has 6 heteroatoms. The zero-order valence-corrected chi connectivity index (χ0v) is 32.8. The number of benzene rings is 4. The molecule has 4 aromatic carbocycles. The van der Waals surface area contributed by atoms with Crippen LogP contribution in [0.5, 0.6) is 17.2 Å². The molecular weight excluding hydrogens is 673 g/mol. The lowest BCUT2D eigenvalue weighted by Gasteiger charge is -2.19. The van der Waals surface area contributed by atoms with Crippen molar-refractivity contribution in [2.75, 3.05) is 39.6 Å². The molecule has 0 amide bonds. The van der Waals surface area contributed by atoms with Crippen molar-refractivity contribution in [3.05, 3.63) is 89.5 Å². The Morgan fingerprint density at radius 3 is 0.981 bits per heavy atom. The summed E-state index contributed by atoms with van der Waals surface area (Å²) in [5.74, 6) is 2.77. The summed E-state index contributed by atoms with van der Waals surface area (Å²) in [5.41, 5.74) is 11.6. The van der Waals surface area contributed by atoms with Gasteiger partial charge in [-0.3, -0.25) is 0 Å². The minimum Gasteiger partial charge on any atom is -0.491 e. The molecule has 3 fully saturated rings. The van der Waals surface area contributed by atoms with Gasteiger partial charge in [-0.2, -0.15) is 0 Å². The molecule has 3 unspecified atom stereocenters. The fourth-order valence-electron chi connectivity index (χ4n) is 7.30. The van der Waals surface area contributed by atoms with Crippen LogP contribution in [-0.2, 0) is 33.5 Å². The van der Waals surface area contributed by atoms with E-state index in [0.717, 1.165) is 75.6 Å². The summed E-state index contributed by atoms with van der Waals surface area (Å²) in [4.78, 5) is 0. The molecule has 0 spiro atoms. The van der Waals surface area contributed by atoms with Crippen molar-refractivity contribution < 1.29 is 28.4 Å². The Bertz CT molecular complexity index is 1580. The van der Waals surface area contributed by atoms with Gasteiger partial charge < -0.3 is 28.4 Å². The van der Waals surface area contributed by atoms with E-state index < -0.39 is 0 Å². The normalized spacial score (nSPS) is 18.4. The van der Waals surface area contributed by atoms with Crippen LogP contribution in [0.1, 0.15) is 95.2 Å². The highest BCUT2D eigenvalue weighted by atomic mass is 16.6. The second-order valence-corrected chi connectivity index (χ2v) is 15.4. The molecule has 0 bridgehead atoms. The third-order valence-electron chi connectivity index (χ3n) is 10.8. The molecule has 3 atom stereocenters. The van der Waals surface area contributed by atoms with Crippen molar-refractivity contribution in [1.29, 1.82) is 0 Å². The van der Waals surface area contributed by atoms with Crippen LogP contribution in [0.2, 0.25) is 0 Å². The Balaban J connectivity index is 1.32. The van der Waals surface area contributed by atoms with Gasteiger partial charge in [-0.1, -0.05) is 77.5 Å². The number of ether oxygens (including phenoxy) is 6. The lowest BCUT2D eigenvalue weighted by Crippen LogP contribution is -2.05. The van der Waals surface area contributed by atoms with Crippen molar-refractivity contribution in [3.63, 3.8) is 0 Å². The van der Waals surface area contributed by atoms with Crippen LogP contribution in [0, 0.1) is 0 Å². The number of epoxide rings is 3. The Morgan fingerprint density at radius 2 is 0.722 bits per heavy atom. The van der Waals surface area contributed by atoms with Gasteiger partial charge in [0.25, 0.3) is 0 Å². The van der Waals surface area contributed by atoms with Crippen molar-refractivity contribution in [2.24, 2.45) is 0 Å². The minimum atomic E-state index is 0.225. The molecule has 0 saturated carbocycles. The van der Waals surface area contributed by atoms with Crippen LogP contribution in [0.25, 0.3) is 33.4 Å². The van der Waals surface area contributed by atoms with Crippen LogP contribution in [0.4, 0.5) is 0 Å². The summed E-state index contributed by atoms with van der Waals surface area (Å²) >= 11 is 0. The van der Waals surface area contributed by atoms with Crippen LogP contribution >= 0.6 is 0 Å². The van der Waals surface area contributed by atoms with Crippen molar-refractivity contribution in [3.8, 4) is 50.6 Å². The SMILES string of the molecule is CCCCCc1cc(OCC2CO2)ccc1-c1cc(-c2ccc(OCC3CO3)cc2CCCCC)cc(-c2ccc(OCC3CO3)cc2CCCCC)c1. The highest BCUT2D eigenvalue weighted by Crippen LogP contribution is 2.40. The molecule has 0 aliphatic carbocycles. The van der Waals surface area contributed by atoms with Crippen LogP contribution in [0.15, 0.2) is 72.8 Å². The number of unbranched alkanes of at least 4 members (excludes halogenated alkanes) is 6. The predicted octanol–water partition coefficient (Wildman–Crippen LogP) is 11.2. The molecular formula is C48H60O6. The van der Waals surface area contributed by atoms with Gasteiger partial charge in [-0.05, 0) is 143 Å². The summed E-state index contributed by atoms with van der Waals surface area (Å²) < 4.78 is 35.0. The molecule has 3 aliphatic rings. The number of rotatable bonds is 24. The van der Waals surface area contributed by atoms with Gasteiger partial charge in [-0.25, -0.2) is 0 Å². The molecule has 3 heterocycles. The van der Waals surface area contributed by atoms with Crippen molar-refractivity contribution in [2.45, 2.75) is 116 Å². The summed E-state index contributed by atoms with van der Waals surface area (Å²) in [6, 6.07) is 27.4. The Morgan fingerprint density at radius 1 is 0.426 bits per heavy atom. The van der Waals surface area contributed by atoms with Crippen LogP contribution in [0.3, 0.4) is 0 Å². The monoisotopic (exact) mass is 732 g/mol. The molecule has 0 N–H and O–H groups in total. The van der Waals surface area contributed by atoms with Gasteiger partial charge in [0.2, 0.25) is 0 Å². The zero-order chi connectivity index (χ0) is 37.1. The third-order valence-corrected chi connectivity index (χ3v) is 10.8. The molecule has 3 aliphatic heterocycles. The van der Waals surface area contributed by atoms with Crippen molar-refractivity contribution in [1.82, 2.24) is 0 Å². The van der Waals surface area contributed by atoms with E-state index in [4.69, 9.17) is 28.4 Å². The average molecular weight is 733 g/mol. The maximum Gasteiger partial charge on any atom is 0.119 e. The molecule has 7 rings (SSSR count). The molecule has 54 heavy (non-hydrogen) atoms. The summed E-state index contributed by atoms with van der Waals surface area (Å²) in [6.45, 7) is 11.0. The van der Waals surface area contributed by atoms with E-state index >= 15 is 0 Å². The zero-order valence-electron chi connectivity index (χ0n) is 32.8. The first kappa shape index (κ1) is 38.4. The molecule has 4 aromatic rings. The fourth-order valence-corrected chi connectivity index (χ4v) is 7.30. The molecule has 0 aromatic heterocycles. The third kappa shape index (κ3) is 11.1. The average Bonchev–Trinajstić information content (AvgIpc) is 4.04. The highest BCUT2D eigenvalue weighted by molar-refractivity contribution is 5.84. The summed E-state index contributed by atoms with van der Waals surface area (Å²) in [6.07, 6.45) is 14.3. The predicted molar refractivity (Wildman–Crippen MR) is 218 cm³/mol. The summed E-state index contributed by atoms with van der Waals surface area (Å²) in [7, 11) is 0. The maximum absolute atomic E-state index is 6.21. The quantitative estimate of drug-likeness (QED) is 0.0528. The van der Waals surface area contributed by atoms with Crippen LogP contribution < -0.4 is 14.2 Å². The van der Waals surface area contributed by atoms with E-state index in [1.165, 1.54) is 88.6 Å². The minimum absolute atomic E-state index is 0.225. The topological polar surface area (TPSA) is 65.3 Å². The smallest absolute Gasteiger partial charge is 0.119 e. The lowest BCUT2D eigenvalue weighted by molar-refractivity contribution is 0.263. The first-order valence-electron chi connectivity index (χ1n) is 20.9. The first-order chi connectivity index (χ1) is 26.6. The number of aryl methyl sites for hydroxylation is 3.